The lowest BCUT2D eigenvalue weighted by Crippen LogP contribution is -2.10. The van der Waals surface area contributed by atoms with Crippen LogP contribution in [0.2, 0.25) is 0 Å². The van der Waals surface area contributed by atoms with E-state index in [2.05, 4.69) is 20.7 Å². The molecule has 0 unspecified atom stereocenters. The number of alkyl halides is 1. The average Bonchev–Trinajstić information content (AvgIpc) is 3.24. The van der Waals surface area contributed by atoms with Gasteiger partial charge in [0.2, 0.25) is 5.13 Å². The number of carbonyl (C=O) groups excluding carboxylic acids is 1. The fraction of sp³-hybridized carbons (Fsp3) is 0.0667. The Hall–Kier alpha value is -2.69. The standard InChI is InChI=1S/C15H9ClN4O2S/c16-6-13-18-15(23-20-13)19-14(21)11-5-12(22-8-11)10-3-1-2-9(4-10)7-17/h1-5,8H,6H2,(H,18,19,20,21). The van der Waals surface area contributed by atoms with Gasteiger partial charge >= 0.3 is 0 Å². The smallest absolute Gasteiger partial charge is 0.260 e. The molecule has 0 aliphatic carbocycles. The summed E-state index contributed by atoms with van der Waals surface area (Å²) in [5.74, 6) is 0.810. The normalized spacial score (nSPS) is 10.3. The predicted molar refractivity (Wildman–Crippen MR) is 86.3 cm³/mol. The van der Waals surface area contributed by atoms with Crippen LogP contribution in [0.1, 0.15) is 21.7 Å². The molecule has 0 saturated carbocycles. The van der Waals surface area contributed by atoms with E-state index in [9.17, 15) is 4.79 Å². The number of furan rings is 1. The van der Waals surface area contributed by atoms with Crippen LogP contribution < -0.4 is 5.32 Å². The third-order valence-corrected chi connectivity index (χ3v) is 3.85. The van der Waals surface area contributed by atoms with Gasteiger partial charge in [-0.25, -0.2) is 4.98 Å². The molecule has 0 saturated heterocycles. The zero-order valence-electron chi connectivity index (χ0n) is 11.6. The summed E-state index contributed by atoms with van der Waals surface area (Å²) in [6, 6.07) is 10.6. The number of amides is 1. The number of anilines is 1. The number of nitrogens with zero attached hydrogens (tertiary/aromatic N) is 3. The Kier molecular flexibility index (Phi) is 4.37. The fourth-order valence-electron chi connectivity index (χ4n) is 1.88. The van der Waals surface area contributed by atoms with Crippen molar-refractivity contribution in [1.82, 2.24) is 9.36 Å². The first kappa shape index (κ1) is 15.2. The van der Waals surface area contributed by atoms with Crippen molar-refractivity contribution in [3.05, 3.63) is 53.5 Å². The molecule has 6 nitrogen and oxygen atoms in total. The van der Waals surface area contributed by atoms with Crippen molar-refractivity contribution in [3.8, 4) is 17.4 Å². The van der Waals surface area contributed by atoms with E-state index in [0.29, 0.717) is 27.8 Å². The second-order valence-electron chi connectivity index (χ2n) is 4.50. The lowest BCUT2D eigenvalue weighted by molar-refractivity contribution is 0.102. The largest absolute Gasteiger partial charge is 0.464 e. The van der Waals surface area contributed by atoms with Crippen molar-refractivity contribution in [2.75, 3.05) is 5.32 Å². The second kappa shape index (κ2) is 6.60. The van der Waals surface area contributed by atoms with Gasteiger partial charge in [-0.2, -0.15) is 9.64 Å². The van der Waals surface area contributed by atoms with Gasteiger partial charge in [-0.3, -0.25) is 10.1 Å². The summed E-state index contributed by atoms with van der Waals surface area (Å²) in [4.78, 5) is 16.2. The first-order valence-corrected chi connectivity index (χ1v) is 7.79. The van der Waals surface area contributed by atoms with Crippen molar-refractivity contribution in [3.63, 3.8) is 0 Å². The van der Waals surface area contributed by atoms with Gasteiger partial charge in [-0.1, -0.05) is 12.1 Å². The van der Waals surface area contributed by atoms with E-state index in [1.165, 1.54) is 6.26 Å². The van der Waals surface area contributed by atoms with Crippen LogP contribution >= 0.6 is 23.1 Å². The van der Waals surface area contributed by atoms with Crippen LogP contribution in [0.4, 0.5) is 5.13 Å². The molecular formula is C15H9ClN4O2S. The van der Waals surface area contributed by atoms with E-state index < -0.39 is 0 Å². The number of hydrogen-bond acceptors (Lipinski definition) is 6. The van der Waals surface area contributed by atoms with Crippen molar-refractivity contribution in [2.45, 2.75) is 5.88 Å². The Balaban J connectivity index is 1.78. The molecule has 0 atom stereocenters. The number of nitrogens with one attached hydrogen (secondary N) is 1. The van der Waals surface area contributed by atoms with Crippen LogP contribution in [0.5, 0.6) is 0 Å². The average molecular weight is 345 g/mol. The van der Waals surface area contributed by atoms with Crippen LogP contribution in [0.3, 0.4) is 0 Å². The quantitative estimate of drug-likeness (QED) is 0.729. The highest BCUT2D eigenvalue weighted by molar-refractivity contribution is 7.09. The molecule has 8 heteroatoms. The molecule has 0 spiro atoms. The molecule has 3 aromatic rings. The number of aromatic nitrogens is 2. The van der Waals surface area contributed by atoms with Crippen LogP contribution in [0, 0.1) is 11.3 Å². The Bertz CT molecular complexity index is 897. The number of nitriles is 1. The van der Waals surface area contributed by atoms with Gasteiger partial charge in [0.15, 0.2) is 5.82 Å². The molecule has 3 rings (SSSR count). The minimum atomic E-state index is -0.353. The molecule has 23 heavy (non-hydrogen) atoms. The lowest BCUT2D eigenvalue weighted by Gasteiger charge is -1.97. The first-order valence-electron chi connectivity index (χ1n) is 6.48. The molecular weight excluding hydrogens is 336 g/mol. The maximum atomic E-state index is 12.2. The molecule has 0 bridgehead atoms. The van der Waals surface area contributed by atoms with Crippen molar-refractivity contribution in [1.29, 1.82) is 5.26 Å². The highest BCUT2D eigenvalue weighted by atomic mass is 35.5. The molecule has 114 valence electrons. The molecule has 2 aromatic heterocycles. The summed E-state index contributed by atoms with van der Waals surface area (Å²) in [7, 11) is 0. The number of carbonyl (C=O) groups is 1. The Morgan fingerprint density at radius 1 is 1.43 bits per heavy atom. The zero-order valence-corrected chi connectivity index (χ0v) is 13.2. The molecule has 1 N–H and O–H groups in total. The predicted octanol–water partition coefficient (Wildman–Crippen LogP) is 3.66. The maximum absolute atomic E-state index is 12.2. The topological polar surface area (TPSA) is 91.8 Å². The highest BCUT2D eigenvalue weighted by Crippen LogP contribution is 2.24. The third kappa shape index (κ3) is 3.39. The van der Waals surface area contributed by atoms with E-state index in [1.807, 2.05) is 0 Å². The van der Waals surface area contributed by atoms with Gasteiger partial charge in [0.25, 0.3) is 5.91 Å². The van der Waals surface area contributed by atoms with Gasteiger partial charge < -0.3 is 4.42 Å². The minimum absolute atomic E-state index is 0.192. The van der Waals surface area contributed by atoms with E-state index in [0.717, 1.165) is 17.1 Å². The molecule has 0 aliphatic heterocycles. The fourth-order valence-corrected chi connectivity index (χ4v) is 2.65. The molecule has 0 fully saturated rings. The van der Waals surface area contributed by atoms with Gasteiger partial charge in [-0.15, -0.1) is 11.6 Å². The maximum Gasteiger partial charge on any atom is 0.260 e. The van der Waals surface area contributed by atoms with Crippen LogP contribution in [0.25, 0.3) is 11.3 Å². The Morgan fingerprint density at radius 2 is 2.30 bits per heavy atom. The van der Waals surface area contributed by atoms with E-state index in [4.69, 9.17) is 21.3 Å². The van der Waals surface area contributed by atoms with Crippen molar-refractivity contribution in [2.24, 2.45) is 0 Å². The number of benzene rings is 1. The molecule has 0 aliphatic rings. The first-order chi connectivity index (χ1) is 11.2. The SMILES string of the molecule is N#Cc1cccc(-c2cc(C(=O)Nc3nc(CCl)ns3)co2)c1. The van der Waals surface area contributed by atoms with E-state index in [-0.39, 0.29) is 11.8 Å². The van der Waals surface area contributed by atoms with Gasteiger partial charge in [0, 0.05) is 17.1 Å². The van der Waals surface area contributed by atoms with Gasteiger partial charge in [0.05, 0.1) is 23.1 Å². The molecule has 0 radical (unpaired) electrons. The van der Waals surface area contributed by atoms with Crippen molar-refractivity contribution < 1.29 is 9.21 Å². The molecule has 2 heterocycles. The zero-order chi connectivity index (χ0) is 16.2. The number of rotatable bonds is 4. The van der Waals surface area contributed by atoms with E-state index >= 15 is 0 Å². The summed E-state index contributed by atoms with van der Waals surface area (Å²) in [5, 5.41) is 11.9. The summed E-state index contributed by atoms with van der Waals surface area (Å²) < 4.78 is 9.39. The third-order valence-electron chi connectivity index (χ3n) is 2.95. The molecule has 1 amide bonds. The summed E-state index contributed by atoms with van der Waals surface area (Å²) >= 11 is 6.68. The lowest BCUT2D eigenvalue weighted by atomic mass is 10.1. The van der Waals surface area contributed by atoms with Gasteiger partial charge in [-0.05, 0) is 18.2 Å². The monoisotopic (exact) mass is 344 g/mol. The minimum Gasteiger partial charge on any atom is -0.464 e. The van der Waals surface area contributed by atoms with Crippen LogP contribution in [-0.4, -0.2) is 15.3 Å². The molecule has 1 aromatic carbocycles. The Labute approximate surface area is 140 Å². The summed E-state index contributed by atoms with van der Waals surface area (Å²) in [6.45, 7) is 0. The number of halogens is 1. The number of hydrogen-bond donors (Lipinski definition) is 1. The van der Waals surface area contributed by atoms with Crippen molar-refractivity contribution >= 4 is 34.2 Å². The second-order valence-corrected chi connectivity index (χ2v) is 5.51. The van der Waals surface area contributed by atoms with Crippen LogP contribution in [0.15, 0.2) is 41.0 Å². The highest BCUT2D eigenvalue weighted by Gasteiger charge is 2.14. The summed E-state index contributed by atoms with van der Waals surface area (Å²) in [5.41, 5.74) is 1.60. The van der Waals surface area contributed by atoms with Crippen LogP contribution in [-0.2, 0) is 5.88 Å². The van der Waals surface area contributed by atoms with Gasteiger partial charge in [0.1, 0.15) is 12.0 Å². The Morgan fingerprint density at radius 3 is 3.04 bits per heavy atom. The van der Waals surface area contributed by atoms with E-state index in [1.54, 1.807) is 30.3 Å². The summed E-state index contributed by atoms with van der Waals surface area (Å²) in [6.07, 6.45) is 1.35.